The van der Waals surface area contributed by atoms with Crippen molar-refractivity contribution in [3.63, 3.8) is 0 Å². The summed E-state index contributed by atoms with van der Waals surface area (Å²) in [6.45, 7) is 3.70. The first-order chi connectivity index (χ1) is 11.1. The maximum atomic E-state index is 11.0. The Morgan fingerprint density at radius 1 is 1.13 bits per heavy atom. The lowest BCUT2D eigenvalue weighted by Gasteiger charge is -2.13. The third kappa shape index (κ3) is 3.01. The molecule has 0 bridgehead atoms. The van der Waals surface area contributed by atoms with Gasteiger partial charge < -0.3 is 10.4 Å². The van der Waals surface area contributed by atoms with Crippen LogP contribution in [0.1, 0.15) is 12.5 Å². The van der Waals surface area contributed by atoms with Crippen LogP contribution in [-0.4, -0.2) is 22.1 Å². The van der Waals surface area contributed by atoms with Gasteiger partial charge in [0.15, 0.2) is 0 Å². The van der Waals surface area contributed by atoms with E-state index < -0.39 is 12.0 Å². The second-order valence-electron chi connectivity index (χ2n) is 5.61. The number of hydrogen-bond acceptors (Lipinski definition) is 3. The van der Waals surface area contributed by atoms with Gasteiger partial charge in [-0.25, -0.2) is 0 Å². The van der Waals surface area contributed by atoms with Crippen LogP contribution in [0.2, 0.25) is 0 Å². The number of benzene rings is 2. The molecular weight excluding hydrogens is 288 g/mol. The van der Waals surface area contributed by atoms with E-state index in [9.17, 15) is 4.79 Å². The zero-order chi connectivity index (χ0) is 16.4. The number of carbonyl (C=O) groups is 1. The van der Waals surface area contributed by atoms with Crippen molar-refractivity contribution in [2.24, 2.45) is 0 Å². The van der Waals surface area contributed by atoms with Gasteiger partial charge in [0.25, 0.3) is 0 Å². The lowest BCUT2D eigenvalue weighted by Crippen LogP contribution is -2.25. The summed E-state index contributed by atoms with van der Waals surface area (Å²) < 4.78 is 0. The number of nitrogens with zero attached hydrogens (tertiary/aromatic N) is 1. The summed E-state index contributed by atoms with van der Waals surface area (Å²) in [5, 5.41) is 13.0. The second kappa shape index (κ2) is 6.08. The summed E-state index contributed by atoms with van der Waals surface area (Å²) >= 11 is 0. The molecule has 1 heterocycles. The Balaban J connectivity index is 2.06. The number of fused-ring (bicyclic) bond motifs is 1. The van der Waals surface area contributed by atoms with E-state index in [1.165, 1.54) is 11.1 Å². The Morgan fingerprint density at radius 3 is 2.65 bits per heavy atom. The summed E-state index contributed by atoms with van der Waals surface area (Å²) in [6.07, 6.45) is 1.79. The van der Waals surface area contributed by atoms with Gasteiger partial charge in [-0.2, -0.15) is 0 Å². The Morgan fingerprint density at radius 2 is 1.91 bits per heavy atom. The van der Waals surface area contributed by atoms with Crippen LogP contribution in [0, 0.1) is 6.92 Å². The highest BCUT2D eigenvalue weighted by Crippen LogP contribution is 2.31. The van der Waals surface area contributed by atoms with Gasteiger partial charge in [-0.1, -0.05) is 30.3 Å². The van der Waals surface area contributed by atoms with Crippen LogP contribution < -0.4 is 5.32 Å². The summed E-state index contributed by atoms with van der Waals surface area (Å²) in [5.41, 5.74) is 5.11. The van der Waals surface area contributed by atoms with Crippen LogP contribution in [0.25, 0.3) is 22.0 Å². The number of pyridine rings is 1. The molecule has 2 aromatic carbocycles. The molecular formula is C19H18N2O2. The SMILES string of the molecule is Cc1ccccc1-c1ccnc2cc(N[C@@H](C)C(=O)O)ccc12. The molecule has 3 rings (SSSR count). The van der Waals surface area contributed by atoms with Gasteiger partial charge in [-0.3, -0.25) is 9.78 Å². The van der Waals surface area contributed by atoms with Gasteiger partial charge in [-0.05, 0) is 48.7 Å². The predicted molar refractivity (Wildman–Crippen MR) is 92.6 cm³/mol. The van der Waals surface area contributed by atoms with Crippen molar-refractivity contribution in [1.82, 2.24) is 4.98 Å². The second-order valence-corrected chi connectivity index (χ2v) is 5.61. The molecule has 0 amide bonds. The Bertz CT molecular complexity index is 874. The van der Waals surface area contributed by atoms with E-state index in [-0.39, 0.29) is 0 Å². The van der Waals surface area contributed by atoms with Gasteiger partial charge in [0.2, 0.25) is 0 Å². The van der Waals surface area contributed by atoms with Crippen molar-refractivity contribution in [3.8, 4) is 11.1 Å². The van der Waals surface area contributed by atoms with Crippen molar-refractivity contribution in [3.05, 3.63) is 60.3 Å². The summed E-state index contributed by atoms with van der Waals surface area (Å²) in [4.78, 5) is 15.4. The molecule has 116 valence electrons. The molecule has 0 unspecified atom stereocenters. The van der Waals surface area contributed by atoms with Gasteiger partial charge in [0.1, 0.15) is 6.04 Å². The minimum Gasteiger partial charge on any atom is -0.480 e. The highest BCUT2D eigenvalue weighted by molar-refractivity contribution is 5.96. The summed E-state index contributed by atoms with van der Waals surface area (Å²) in [7, 11) is 0. The molecule has 0 saturated heterocycles. The quantitative estimate of drug-likeness (QED) is 0.762. The van der Waals surface area contributed by atoms with E-state index in [0.29, 0.717) is 0 Å². The highest BCUT2D eigenvalue weighted by Gasteiger charge is 2.11. The molecule has 0 spiro atoms. The maximum Gasteiger partial charge on any atom is 0.325 e. The Hall–Kier alpha value is -2.88. The van der Waals surface area contributed by atoms with Crippen LogP contribution in [-0.2, 0) is 4.79 Å². The standard InChI is InChI=1S/C19H18N2O2/c1-12-5-3-4-6-15(12)16-9-10-20-18-11-14(7-8-17(16)18)21-13(2)19(22)23/h3-11,13,21H,1-2H3,(H,22,23)/t13-/m0/s1. The first kappa shape index (κ1) is 15.0. The molecule has 0 fully saturated rings. The number of anilines is 1. The van der Waals surface area contributed by atoms with Crippen LogP contribution >= 0.6 is 0 Å². The van der Waals surface area contributed by atoms with E-state index in [2.05, 4.69) is 29.4 Å². The van der Waals surface area contributed by atoms with Crippen molar-refractivity contribution in [2.45, 2.75) is 19.9 Å². The molecule has 0 aliphatic heterocycles. The van der Waals surface area contributed by atoms with E-state index in [4.69, 9.17) is 5.11 Å². The van der Waals surface area contributed by atoms with E-state index in [0.717, 1.165) is 22.2 Å². The fraction of sp³-hybridized carbons (Fsp3) is 0.158. The van der Waals surface area contributed by atoms with Gasteiger partial charge in [-0.15, -0.1) is 0 Å². The van der Waals surface area contributed by atoms with Crippen molar-refractivity contribution in [1.29, 1.82) is 0 Å². The fourth-order valence-electron chi connectivity index (χ4n) is 2.66. The van der Waals surface area contributed by atoms with Gasteiger partial charge in [0.05, 0.1) is 5.52 Å². The largest absolute Gasteiger partial charge is 0.480 e. The number of aromatic nitrogens is 1. The first-order valence-corrected chi connectivity index (χ1v) is 7.50. The average molecular weight is 306 g/mol. The van der Waals surface area contributed by atoms with Gasteiger partial charge in [0, 0.05) is 17.3 Å². The maximum absolute atomic E-state index is 11.0. The first-order valence-electron chi connectivity index (χ1n) is 7.50. The number of nitrogens with one attached hydrogen (secondary N) is 1. The van der Waals surface area contributed by atoms with Crippen LogP contribution in [0.3, 0.4) is 0 Å². The lowest BCUT2D eigenvalue weighted by molar-refractivity contribution is -0.137. The third-order valence-corrected chi connectivity index (χ3v) is 3.93. The molecule has 23 heavy (non-hydrogen) atoms. The van der Waals surface area contributed by atoms with E-state index in [1.807, 2.05) is 36.4 Å². The molecule has 4 heteroatoms. The highest BCUT2D eigenvalue weighted by atomic mass is 16.4. The monoisotopic (exact) mass is 306 g/mol. The number of rotatable bonds is 4. The Kier molecular flexibility index (Phi) is 3.98. The number of aliphatic carboxylic acids is 1. The number of hydrogen-bond donors (Lipinski definition) is 2. The van der Waals surface area contributed by atoms with Crippen molar-refractivity contribution in [2.75, 3.05) is 5.32 Å². The summed E-state index contributed by atoms with van der Waals surface area (Å²) in [5.74, 6) is -0.883. The number of aryl methyl sites for hydroxylation is 1. The smallest absolute Gasteiger partial charge is 0.325 e. The van der Waals surface area contributed by atoms with E-state index in [1.54, 1.807) is 13.1 Å². The third-order valence-electron chi connectivity index (χ3n) is 3.93. The molecule has 0 aliphatic carbocycles. The van der Waals surface area contributed by atoms with Gasteiger partial charge >= 0.3 is 5.97 Å². The normalized spacial score (nSPS) is 12.1. The molecule has 0 radical (unpaired) electrons. The average Bonchev–Trinajstić information content (AvgIpc) is 2.54. The number of carboxylic acid groups (broad SMARTS) is 1. The fourth-order valence-corrected chi connectivity index (χ4v) is 2.66. The molecule has 0 saturated carbocycles. The van der Waals surface area contributed by atoms with Crippen molar-refractivity contribution < 1.29 is 9.90 Å². The zero-order valence-electron chi connectivity index (χ0n) is 13.1. The Labute approximate surface area is 134 Å². The minimum absolute atomic E-state index is 0.646. The van der Waals surface area contributed by atoms with Crippen LogP contribution in [0.4, 0.5) is 5.69 Å². The minimum atomic E-state index is -0.883. The van der Waals surface area contributed by atoms with Crippen molar-refractivity contribution >= 4 is 22.6 Å². The lowest BCUT2D eigenvalue weighted by atomic mass is 9.97. The van der Waals surface area contributed by atoms with Crippen LogP contribution in [0.15, 0.2) is 54.7 Å². The number of carboxylic acids is 1. The summed E-state index contributed by atoms with van der Waals surface area (Å²) in [6, 6.07) is 15.4. The molecule has 3 aromatic rings. The molecule has 1 aromatic heterocycles. The van der Waals surface area contributed by atoms with Crippen LogP contribution in [0.5, 0.6) is 0 Å². The topological polar surface area (TPSA) is 62.2 Å². The zero-order valence-corrected chi connectivity index (χ0v) is 13.1. The molecule has 2 N–H and O–H groups in total. The predicted octanol–water partition coefficient (Wildman–Crippen LogP) is 4.10. The molecule has 4 nitrogen and oxygen atoms in total. The molecule has 0 aliphatic rings. The molecule has 1 atom stereocenters. The van der Waals surface area contributed by atoms with E-state index >= 15 is 0 Å².